The van der Waals surface area contributed by atoms with Gasteiger partial charge in [-0.1, -0.05) is 86.3 Å². The molecule has 34 heavy (non-hydrogen) atoms. The third-order valence-electron chi connectivity index (χ3n) is 9.11. The number of hydrogen-bond acceptors (Lipinski definition) is 2. The highest BCUT2D eigenvalue weighted by Crippen LogP contribution is 2.36. The Morgan fingerprint density at radius 3 is 2.09 bits per heavy atom. The molecule has 2 aromatic rings. The maximum Gasteiger partial charge on any atom is 0.00542 e. The molecule has 3 fully saturated rings. The summed E-state index contributed by atoms with van der Waals surface area (Å²) in [4.78, 5) is 5.66. The van der Waals surface area contributed by atoms with E-state index in [2.05, 4.69) is 70.5 Å². The van der Waals surface area contributed by atoms with Crippen LogP contribution in [0.5, 0.6) is 0 Å². The minimum absolute atomic E-state index is 0.716. The predicted molar refractivity (Wildman–Crippen MR) is 144 cm³/mol. The van der Waals surface area contributed by atoms with Crippen LogP contribution in [0.3, 0.4) is 0 Å². The van der Waals surface area contributed by atoms with Gasteiger partial charge in [0.05, 0.1) is 0 Å². The first-order valence-corrected chi connectivity index (χ1v) is 14.4. The summed E-state index contributed by atoms with van der Waals surface area (Å²) in [5, 5.41) is 0. The molecule has 0 unspecified atom stereocenters. The molecule has 0 aromatic heterocycles. The summed E-state index contributed by atoms with van der Waals surface area (Å²) in [6.07, 6.45) is 14.1. The van der Waals surface area contributed by atoms with Gasteiger partial charge in [-0.05, 0) is 80.5 Å². The first kappa shape index (κ1) is 24.1. The van der Waals surface area contributed by atoms with Crippen molar-refractivity contribution in [1.82, 2.24) is 9.80 Å². The van der Waals surface area contributed by atoms with Crippen LogP contribution in [0.4, 0.5) is 0 Å². The molecular weight excluding hydrogens is 412 g/mol. The van der Waals surface area contributed by atoms with E-state index in [0.29, 0.717) is 5.92 Å². The molecule has 2 nitrogen and oxygen atoms in total. The van der Waals surface area contributed by atoms with Crippen LogP contribution < -0.4 is 0 Å². The highest BCUT2D eigenvalue weighted by atomic mass is 15.2. The van der Waals surface area contributed by atoms with E-state index < -0.39 is 0 Å². The van der Waals surface area contributed by atoms with E-state index in [1.54, 1.807) is 5.56 Å². The Bertz CT molecular complexity index is 821. The number of likely N-dealkylation sites (tertiary alicyclic amines) is 2. The van der Waals surface area contributed by atoms with E-state index in [-0.39, 0.29) is 0 Å². The summed E-state index contributed by atoms with van der Waals surface area (Å²) in [6.45, 7) is 7.88. The van der Waals surface area contributed by atoms with Gasteiger partial charge in [-0.2, -0.15) is 0 Å². The number of piperidine rings is 1. The van der Waals surface area contributed by atoms with Gasteiger partial charge in [0.25, 0.3) is 0 Å². The molecule has 2 heteroatoms. The lowest BCUT2D eigenvalue weighted by Gasteiger charge is -2.35. The monoisotopic (exact) mass is 458 g/mol. The van der Waals surface area contributed by atoms with Gasteiger partial charge in [0, 0.05) is 32.1 Å². The third-order valence-corrected chi connectivity index (χ3v) is 9.11. The summed E-state index contributed by atoms with van der Waals surface area (Å²) >= 11 is 0. The zero-order valence-corrected chi connectivity index (χ0v) is 21.3. The van der Waals surface area contributed by atoms with E-state index in [9.17, 15) is 0 Å². The number of benzene rings is 2. The summed E-state index contributed by atoms with van der Waals surface area (Å²) in [6, 6.07) is 22.5. The summed E-state index contributed by atoms with van der Waals surface area (Å²) < 4.78 is 0. The van der Waals surface area contributed by atoms with Crippen molar-refractivity contribution in [2.75, 3.05) is 39.3 Å². The molecule has 0 bridgehead atoms. The zero-order valence-electron chi connectivity index (χ0n) is 21.3. The van der Waals surface area contributed by atoms with Crippen LogP contribution in [0.15, 0.2) is 60.7 Å². The number of hydrogen-bond donors (Lipinski definition) is 0. The molecule has 1 saturated carbocycles. The van der Waals surface area contributed by atoms with Crippen molar-refractivity contribution in [3.63, 3.8) is 0 Å². The Kier molecular flexibility index (Phi) is 8.75. The molecule has 2 saturated heterocycles. The fourth-order valence-electron chi connectivity index (χ4n) is 7.14. The highest BCUT2D eigenvalue weighted by Gasteiger charge is 2.36. The topological polar surface area (TPSA) is 6.48 Å². The molecule has 0 radical (unpaired) electrons. The molecule has 2 atom stereocenters. The molecule has 0 amide bonds. The first-order chi connectivity index (χ1) is 16.8. The van der Waals surface area contributed by atoms with Crippen molar-refractivity contribution in [2.45, 2.75) is 70.1 Å². The van der Waals surface area contributed by atoms with Gasteiger partial charge in [0.15, 0.2) is 0 Å². The number of rotatable bonds is 9. The average molecular weight is 459 g/mol. The fourth-order valence-corrected chi connectivity index (χ4v) is 7.14. The van der Waals surface area contributed by atoms with E-state index in [0.717, 1.165) is 17.8 Å². The van der Waals surface area contributed by atoms with Crippen LogP contribution in [0.25, 0.3) is 0 Å². The SMILES string of the molecule is c1ccc(CCCC2CCN(C[C@H]3CN(CC4CCCCC4)C[C@@H]3c3ccccc3)CC2)cc1. The van der Waals surface area contributed by atoms with Crippen molar-refractivity contribution < 1.29 is 0 Å². The fraction of sp³-hybridized carbons (Fsp3) is 0.625. The van der Waals surface area contributed by atoms with Crippen LogP contribution in [0, 0.1) is 17.8 Å². The quantitative estimate of drug-likeness (QED) is 0.398. The Balaban J connectivity index is 1.11. The standard InChI is InChI=1S/C32H46N2/c1-4-11-27(12-5-1)15-10-16-28-19-21-33(22-20-28)24-31-25-34(23-29-13-6-2-7-14-29)26-32(31)30-17-8-3-9-18-30/h1,3-5,8-9,11-12,17-18,28-29,31-32H,2,6-7,10,13-16,19-26H2/t31-,32+/m0/s1. The third kappa shape index (κ3) is 6.73. The normalized spacial score (nSPS) is 25.6. The van der Waals surface area contributed by atoms with Crippen LogP contribution in [0.2, 0.25) is 0 Å². The highest BCUT2D eigenvalue weighted by molar-refractivity contribution is 5.22. The maximum absolute atomic E-state index is 2.84. The van der Waals surface area contributed by atoms with Crippen molar-refractivity contribution in [1.29, 1.82) is 0 Å². The lowest BCUT2D eigenvalue weighted by atomic mass is 9.87. The molecule has 5 rings (SSSR count). The van der Waals surface area contributed by atoms with E-state index in [4.69, 9.17) is 0 Å². The number of nitrogens with zero attached hydrogens (tertiary/aromatic N) is 2. The maximum atomic E-state index is 2.84. The van der Waals surface area contributed by atoms with Gasteiger partial charge < -0.3 is 9.80 Å². The molecule has 2 aliphatic heterocycles. The van der Waals surface area contributed by atoms with Crippen LogP contribution in [-0.4, -0.2) is 49.1 Å². The number of aryl methyl sites for hydroxylation is 1. The molecule has 1 aliphatic carbocycles. The summed E-state index contributed by atoms with van der Waals surface area (Å²) in [5.74, 6) is 3.40. The molecule has 2 heterocycles. The zero-order chi connectivity index (χ0) is 23.0. The molecule has 184 valence electrons. The average Bonchev–Trinajstić information content (AvgIpc) is 3.29. The van der Waals surface area contributed by atoms with Gasteiger partial charge in [0.1, 0.15) is 0 Å². The van der Waals surface area contributed by atoms with Gasteiger partial charge in [-0.3, -0.25) is 0 Å². The van der Waals surface area contributed by atoms with E-state index >= 15 is 0 Å². The largest absolute Gasteiger partial charge is 0.303 e. The molecule has 2 aromatic carbocycles. The Hall–Kier alpha value is -1.64. The molecule has 3 aliphatic rings. The Morgan fingerprint density at radius 1 is 0.647 bits per heavy atom. The lowest BCUT2D eigenvalue weighted by molar-refractivity contribution is 0.150. The van der Waals surface area contributed by atoms with Gasteiger partial charge in [0.2, 0.25) is 0 Å². The molecular formula is C32H46N2. The molecule has 0 spiro atoms. The second-order valence-electron chi connectivity index (χ2n) is 11.6. The minimum atomic E-state index is 0.716. The Morgan fingerprint density at radius 2 is 1.35 bits per heavy atom. The smallest absolute Gasteiger partial charge is 0.00542 e. The van der Waals surface area contributed by atoms with Crippen molar-refractivity contribution >= 4 is 0 Å². The summed E-state index contributed by atoms with van der Waals surface area (Å²) in [7, 11) is 0. The van der Waals surface area contributed by atoms with Gasteiger partial charge in [-0.15, -0.1) is 0 Å². The van der Waals surface area contributed by atoms with E-state index in [1.807, 2.05) is 0 Å². The predicted octanol–water partition coefficient (Wildman–Crippen LogP) is 7.02. The first-order valence-electron chi connectivity index (χ1n) is 14.4. The molecule has 0 N–H and O–H groups in total. The van der Waals surface area contributed by atoms with Crippen LogP contribution in [0.1, 0.15) is 74.8 Å². The van der Waals surface area contributed by atoms with Crippen LogP contribution in [-0.2, 0) is 6.42 Å². The van der Waals surface area contributed by atoms with Crippen molar-refractivity contribution in [3.8, 4) is 0 Å². The van der Waals surface area contributed by atoms with Crippen LogP contribution >= 0.6 is 0 Å². The second kappa shape index (κ2) is 12.4. The van der Waals surface area contributed by atoms with E-state index in [1.165, 1.54) is 109 Å². The summed E-state index contributed by atoms with van der Waals surface area (Å²) in [5.41, 5.74) is 3.08. The minimum Gasteiger partial charge on any atom is -0.303 e. The second-order valence-corrected chi connectivity index (χ2v) is 11.6. The lowest BCUT2D eigenvalue weighted by Crippen LogP contribution is -2.39. The van der Waals surface area contributed by atoms with Gasteiger partial charge in [-0.25, -0.2) is 0 Å². The van der Waals surface area contributed by atoms with Crippen molar-refractivity contribution in [2.24, 2.45) is 17.8 Å². The van der Waals surface area contributed by atoms with Gasteiger partial charge >= 0.3 is 0 Å². The van der Waals surface area contributed by atoms with Crippen molar-refractivity contribution in [3.05, 3.63) is 71.8 Å². The Labute approximate surface area is 208 Å².